The molecular formula is C26H36O4SSi. The molecule has 2 fully saturated rings. The molecule has 2 aromatic rings. The Morgan fingerprint density at radius 3 is 1.84 bits per heavy atom. The normalized spacial score (nSPS) is 30.2. The molecule has 0 radical (unpaired) electrons. The first kappa shape index (κ1) is 24.0. The van der Waals surface area contributed by atoms with E-state index in [-0.39, 0.29) is 34.9 Å². The minimum Gasteiger partial charge on any atom is -0.398 e. The van der Waals surface area contributed by atoms with Gasteiger partial charge in [-0.15, -0.1) is 11.8 Å². The van der Waals surface area contributed by atoms with Gasteiger partial charge in [0.1, 0.15) is 23.7 Å². The first-order valence-corrected chi connectivity index (χ1v) is 14.6. The van der Waals surface area contributed by atoms with Gasteiger partial charge in [-0.3, -0.25) is 0 Å². The van der Waals surface area contributed by atoms with Crippen LogP contribution < -0.4 is 10.4 Å². The quantitative estimate of drug-likeness (QED) is 0.597. The highest BCUT2D eigenvalue weighted by atomic mass is 32.2. The van der Waals surface area contributed by atoms with Crippen LogP contribution in [0.4, 0.5) is 0 Å². The zero-order chi connectivity index (χ0) is 23.1. The summed E-state index contributed by atoms with van der Waals surface area (Å²) in [5.74, 6) is -0.659. The molecule has 4 nitrogen and oxygen atoms in total. The van der Waals surface area contributed by atoms with Gasteiger partial charge in [-0.1, -0.05) is 81.4 Å². The topological polar surface area (TPSA) is 36.9 Å². The van der Waals surface area contributed by atoms with Crippen molar-refractivity contribution >= 4 is 30.5 Å². The summed E-state index contributed by atoms with van der Waals surface area (Å²) in [5.41, 5.74) is -0.134. The van der Waals surface area contributed by atoms with E-state index in [0.29, 0.717) is 0 Å². The lowest BCUT2D eigenvalue weighted by molar-refractivity contribution is -0.152. The second-order valence-corrected chi connectivity index (χ2v) is 15.4. The van der Waals surface area contributed by atoms with Crippen molar-refractivity contribution in [2.24, 2.45) is 0 Å². The standard InChI is InChI=1S/C26H36O4SSi/c1-18-21-22(29-26(5,6)28-21)23(24(27-18)31-7)30-32(25(2,3)4,19-14-10-8-11-15-19)20-16-12-9-13-17-20/h8-18,21-24H,1-7H3/t18-,21+,22+,23-,24+/m0/s1. The summed E-state index contributed by atoms with van der Waals surface area (Å²) in [5, 5.41) is 2.39. The fourth-order valence-electron chi connectivity index (χ4n) is 5.16. The number of rotatable bonds is 5. The monoisotopic (exact) mass is 472 g/mol. The largest absolute Gasteiger partial charge is 0.398 e. The van der Waals surface area contributed by atoms with Crippen LogP contribution in [0, 0.1) is 0 Å². The highest BCUT2D eigenvalue weighted by Crippen LogP contribution is 2.45. The van der Waals surface area contributed by atoms with Crippen LogP contribution >= 0.6 is 11.8 Å². The van der Waals surface area contributed by atoms with Gasteiger partial charge in [-0.25, -0.2) is 0 Å². The molecule has 2 aliphatic rings. The second kappa shape index (κ2) is 8.89. The van der Waals surface area contributed by atoms with E-state index < -0.39 is 14.1 Å². The number of ether oxygens (including phenoxy) is 3. The Bertz CT molecular complexity index is 860. The lowest BCUT2D eigenvalue weighted by Gasteiger charge is -2.49. The van der Waals surface area contributed by atoms with Gasteiger partial charge >= 0.3 is 0 Å². The summed E-state index contributed by atoms with van der Waals surface area (Å²) in [6.07, 6.45) is 1.43. The summed E-state index contributed by atoms with van der Waals surface area (Å²) in [7, 11) is -2.75. The molecule has 2 saturated heterocycles. The molecule has 2 heterocycles. The van der Waals surface area contributed by atoms with E-state index in [1.54, 1.807) is 11.8 Å². The molecule has 0 bridgehead atoms. The molecule has 0 saturated carbocycles. The Labute approximate surface area is 198 Å². The fraction of sp³-hybridized carbons (Fsp3) is 0.538. The average molecular weight is 473 g/mol. The molecule has 2 aromatic carbocycles. The molecule has 6 heteroatoms. The van der Waals surface area contributed by atoms with Crippen LogP contribution in [-0.2, 0) is 18.6 Å². The molecule has 174 valence electrons. The third-order valence-corrected chi connectivity index (χ3v) is 12.4. The van der Waals surface area contributed by atoms with E-state index in [1.807, 2.05) is 13.8 Å². The number of hydrogen-bond acceptors (Lipinski definition) is 5. The minimum absolute atomic E-state index is 0.0572. The average Bonchev–Trinajstić information content (AvgIpc) is 3.09. The Morgan fingerprint density at radius 2 is 1.38 bits per heavy atom. The van der Waals surface area contributed by atoms with Crippen LogP contribution in [0.2, 0.25) is 5.04 Å². The molecule has 32 heavy (non-hydrogen) atoms. The molecule has 0 spiro atoms. The van der Waals surface area contributed by atoms with Gasteiger partial charge in [0.25, 0.3) is 8.32 Å². The predicted octanol–water partition coefficient (Wildman–Crippen LogP) is 4.56. The van der Waals surface area contributed by atoms with Crippen LogP contribution in [0.5, 0.6) is 0 Å². The highest BCUT2D eigenvalue weighted by molar-refractivity contribution is 7.99. The smallest absolute Gasteiger partial charge is 0.261 e. The Balaban J connectivity index is 1.87. The molecule has 0 unspecified atom stereocenters. The highest BCUT2D eigenvalue weighted by Gasteiger charge is 2.59. The lowest BCUT2D eigenvalue weighted by Crippen LogP contribution is -2.71. The molecule has 0 aliphatic carbocycles. The number of thioether (sulfide) groups is 1. The van der Waals surface area contributed by atoms with Crippen molar-refractivity contribution in [3.63, 3.8) is 0 Å². The molecule has 2 aliphatic heterocycles. The minimum atomic E-state index is -2.75. The van der Waals surface area contributed by atoms with Crippen LogP contribution in [0.15, 0.2) is 60.7 Å². The predicted molar refractivity (Wildman–Crippen MR) is 134 cm³/mol. The van der Waals surface area contributed by atoms with Crippen molar-refractivity contribution in [1.82, 2.24) is 0 Å². The third kappa shape index (κ3) is 4.22. The van der Waals surface area contributed by atoms with E-state index in [4.69, 9.17) is 18.6 Å². The first-order valence-electron chi connectivity index (χ1n) is 11.4. The van der Waals surface area contributed by atoms with Gasteiger partial charge in [0, 0.05) is 0 Å². The second-order valence-electron chi connectivity index (χ2n) is 10.3. The number of benzene rings is 2. The van der Waals surface area contributed by atoms with Crippen molar-refractivity contribution in [1.29, 1.82) is 0 Å². The molecule has 0 aromatic heterocycles. The van der Waals surface area contributed by atoms with E-state index in [0.717, 1.165) is 0 Å². The lowest BCUT2D eigenvalue weighted by atomic mass is 10.0. The molecule has 4 rings (SSSR count). The molecular weight excluding hydrogens is 436 g/mol. The zero-order valence-corrected chi connectivity index (χ0v) is 22.0. The summed E-state index contributed by atoms with van der Waals surface area (Å²) < 4.78 is 26.7. The van der Waals surface area contributed by atoms with Crippen molar-refractivity contribution in [2.75, 3.05) is 6.26 Å². The van der Waals surface area contributed by atoms with E-state index in [2.05, 4.69) is 94.6 Å². The van der Waals surface area contributed by atoms with Crippen molar-refractivity contribution in [3.8, 4) is 0 Å². The SMILES string of the molecule is CS[C@H]1O[C@@H](C)[C@H]2OC(C)(C)O[C@H]2[C@@H]1O[Si](c1ccccc1)(c1ccccc1)C(C)(C)C. The van der Waals surface area contributed by atoms with Gasteiger partial charge in [0.05, 0.1) is 6.10 Å². The van der Waals surface area contributed by atoms with Crippen LogP contribution in [-0.4, -0.2) is 50.2 Å². The summed E-state index contributed by atoms with van der Waals surface area (Å²) in [4.78, 5) is 0. The summed E-state index contributed by atoms with van der Waals surface area (Å²) in [6, 6.07) is 21.5. The van der Waals surface area contributed by atoms with Crippen LogP contribution in [0.1, 0.15) is 41.5 Å². The Hall–Kier alpha value is -1.15. The Morgan fingerprint density at radius 1 is 0.875 bits per heavy atom. The van der Waals surface area contributed by atoms with Crippen LogP contribution in [0.25, 0.3) is 0 Å². The van der Waals surface area contributed by atoms with Gasteiger partial charge in [0.15, 0.2) is 5.79 Å². The Kier molecular flexibility index (Phi) is 6.67. The van der Waals surface area contributed by atoms with Gasteiger partial charge in [0.2, 0.25) is 0 Å². The zero-order valence-electron chi connectivity index (χ0n) is 20.2. The molecule has 0 N–H and O–H groups in total. The molecule has 0 amide bonds. The summed E-state index contributed by atoms with van der Waals surface area (Å²) >= 11 is 1.69. The molecule has 5 atom stereocenters. The van der Waals surface area contributed by atoms with Crippen molar-refractivity contribution in [3.05, 3.63) is 60.7 Å². The van der Waals surface area contributed by atoms with E-state index >= 15 is 0 Å². The third-order valence-electron chi connectivity index (χ3n) is 6.53. The van der Waals surface area contributed by atoms with E-state index in [1.165, 1.54) is 10.4 Å². The van der Waals surface area contributed by atoms with Gasteiger partial charge < -0.3 is 18.6 Å². The van der Waals surface area contributed by atoms with Crippen molar-refractivity contribution in [2.45, 2.75) is 82.2 Å². The maximum absolute atomic E-state index is 7.46. The van der Waals surface area contributed by atoms with Gasteiger partial charge in [-0.2, -0.15) is 0 Å². The first-order chi connectivity index (χ1) is 15.1. The number of fused-ring (bicyclic) bond motifs is 1. The maximum atomic E-state index is 7.46. The van der Waals surface area contributed by atoms with Gasteiger partial charge in [-0.05, 0) is 42.4 Å². The van der Waals surface area contributed by atoms with E-state index in [9.17, 15) is 0 Å². The maximum Gasteiger partial charge on any atom is 0.261 e. The fourth-order valence-corrected chi connectivity index (χ4v) is 10.7. The summed E-state index contributed by atoms with van der Waals surface area (Å²) in [6.45, 7) is 12.9. The van der Waals surface area contributed by atoms with Crippen molar-refractivity contribution < 1.29 is 18.6 Å². The number of hydrogen-bond donors (Lipinski definition) is 0. The van der Waals surface area contributed by atoms with Crippen LogP contribution in [0.3, 0.4) is 0 Å².